The standard InChI is InChI=1S/C16H27N5O3S/c1-12-10-15(18-20(12)2)17-16(22)21-9-5-8-14(11-21)25(23,24)19-13-6-3-4-7-13/h10,13-14,19H,3-9,11H2,1-2H3,(H,17,18,22). The molecule has 1 aliphatic carbocycles. The molecule has 1 aromatic heterocycles. The monoisotopic (exact) mass is 369 g/mol. The third-order valence-electron chi connectivity index (χ3n) is 5.14. The van der Waals surface area contributed by atoms with E-state index in [4.69, 9.17) is 0 Å². The highest BCUT2D eigenvalue weighted by Crippen LogP contribution is 2.22. The summed E-state index contributed by atoms with van der Waals surface area (Å²) in [6, 6.07) is 1.56. The number of aryl methyl sites for hydroxylation is 2. The highest BCUT2D eigenvalue weighted by molar-refractivity contribution is 7.90. The molecule has 1 saturated heterocycles. The molecule has 2 aliphatic rings. The van der Waals surface area contributed by atoms with E-state index in [0.29, 0.717) is 25.2 Å². The van der Waals surface area contributed by atoms with Gasteiger partial charge in [-0.3, -0.25) is 10.00 Å². The van der Waals surface area contributed by atoms with Crippen molar-refractivity contribution >= 4 is 21.9 Å². The predicted octanol–water partition coefficient (Wildman–Crippen LogP) is 1.59. The number of likely N-dealkylation sites (tertiary alicyclic amines) is 1. The molecule has 2 heterocycles. The number of piperidine rings is 1. The van der Waals surface area contributed by atoms with E-state index in [-0.39, 0.29) is 18.6 Å². The van der Waals surface area contributed by atoms with Crippen LogP contribution in [0.1, 0.15) is 44.2 Å². The first-order chi connectivity index (χ1) is 11.8. The van der Waals surface area contributed by atoms with Gasteiger partial charge in [0.25, 0.3) is 0 Å². The van der Waals surface area contributed by atoms with Crippen LogP contribution in [0.3, 0.4) is 0 Å². The minimum Gasteiger partial charge on any atom is -0.323 e. The maximum absolute atomic E-state index is 12.6. The van der Waals surface area contributed by atoms with E-state index >= 15 is 0 Å². The molecular weight excluding hydrogens is 342 g/mol. The van der Waals surface area contributed by atoms with Gasteiger partial charge in [-0.2, -0.15) is 5.10 Å². The van der Waals surface area contributed by atoms with Gasteiger partial charge in [-0.1, -0.05) is 12.8 Å². The molecule has 0 spiro atoms. The largest absolute Gasteiger partial charge is 0.323 e. The maximum atomic E-state index is 12.6. The minimum atomic E-state index is -3.40. The van der Waals surface area contributed by atoms with Crippen LogP contribution in [0.5, 0.6) is 0 Å². The molecule has 1 aromatic rings. The Bertz CT molecular complexity index is 705. The van der Waals surface area contributed by atoms with Gasteiger partial charge in [-0.05, 0) is 32.6 Å². The molecule has 0 aromatic carbocycles. The molecule has 2 N–H and O–H groups in total. The van der Waals surface area contributed by atoms with Crippen LogP contribution in [0.15, 0.2) is 6.07 Å². The van der Waals surface area contributed by atoms with Crippen molar-refractivity contribution < 1.29 is 13.2 Å². The summed E-state index contributed by atoms with van der Waals surface area (Å²) in [5.74, 6) is 0.485. The average molecular weight is 369 g/mol. The van der Waals surface area contributed by atoms with Gasteiger partial charge in [0.15, 0.2) is 5.82 Å². The number of hydrogen-bond donors (Lipinski definition) is 2. The summed E-state index contributed by atoms with van der Waals surface area (Å²) in [4.78, 5) is 14.0. The van der Waals surface area contributed by atoms with Crippen molar-refractivity contribution in [2.24, 2.45) is 7.05 Å². The number of amides is 2. The molecule has 25 heavy (non-hydrogen) atoms. The van der Waals surface area contributed by atoms with Crippen LogP contribution in [0.25, 0.3) is 0 Å². The van der Waals surface area contributed by atoms with Crippen LogP contribution in [-0.2, 0) is 17.1 Å². The Balaban J connectivity index is 1.60. The summed E-state index contributed by atoms with van der Waals surface area (Å²) in [6.07, 6.45) is 5.26. The highest BCUT2D eigenvalue weighted by Gasteiger charge is 2.34. The van der Waals surface area contributed by atoms with Crippen molar-refractivity contribution in [2.75, 3.05) is 18.4 Å². The van der Waals surface area contributed by atoms with E-state index in [1.165, 1.54) is 0 Å². The van der Waals surface area contributed by atoms with Gasteiger partial charge in [-0.15, -0.1) is 0 Å². The minimum absolute atomic E-state index is 0.0608. The smallest absolute Gasteiger partial charge is 0.323 e. The summed E-state index contributed by atoms with van der Waals surface area (Å²) < 4.78 is 29.8. The van der Waals surface area contributed by atoms with Crippen LogP contribution in [0.2, 0.25) is 0 Å². The van der Waals surface area contributed by atoms with Gasteiger partial charge < -0.3 is 4.90 Å². The summed E-state index contributed by atoms with van der Waals surface area (Å²) in [5, 5.41) is 6.42. The van der Waals surface area contributed by atoms with E-state index in [2.05, 4.69) is 15.1 Å². The number of aromatic nitrogens is 2. The Hall–Kier alpha value is -1.61. The normalized spacial score (nSPS) is 22.3. The molecule has 9 heteroatoms. The first-order valence-electron chi connectivity index (χ1n) is 8.93. The molecule has 2 fully saturated rings. The van der Waals surface area contributed by atoms with Crippen molar-refractivity contribution in [3.63, 3.8) is 0 Å². The first kappa shape index (κ1) is 18.2. The average Bonchev–Trinajstić information content (AvgIpc) is 3.17. The predicted molar refractivity (Wildman–Crippen MR) is 95.9 cm³/mol. The van der Waals surface area contributed by atoms with Gasteiger partial charge in [0, 0.05) is 37.9 Å². The number of anilines is 1. The molecule has 0 bridgehead atoms. The van der Waals surface area contributed by atoms with Gasteiger partial charge in [0.05, 0.1) is 5.25 Å². The number of carbonyl (C=O) groups excluding carboxylic acids is 1. The Kier molecular flexibility index (Phi) is 5.33. The molecular formula is C16H27N5O3S. The third kappa shape index (κ3) is 4.33. The van der Waals surface area contributed by atoms with Gasteiger partial charge in [0.1, 0.15) is 0 Å². The van der Waals surface area contributed by atoms with E-state index in [0.717, 1.165) is 31.4 Å². The lowest BCUT2D eigenvalue weighted by Crippen LogP contribution is -2.50. The molecule has 1 atom stereocenters. The van der Waals surface area contributed by atoms with Crippen molar-refractivity contribution in [1.29, 1.82) is 0 Å². The summed E-state index contributed by atoms with van der Waals surface area (Å²) in [7, 11) is -1.59. The van der Waals surface area contributed by atoms with Crippen LogP contribution in [0.4, 0.5) is 10.6 Å². The van der Waals surface area contributed by atoms with E-state index in [1.54, 1.807) is 15.6 Å². The topological polar surface area (TPSA) is 96.3 Å². The van der Waals surface area contributed by atoms with E-state index in [9.17, 15) is 13.2 Å². The van der Waals surface area contributed by atoms with Crippen LogP contribution >= 0.6 is 0 Å². The van der Waals surface area contributed by atoms with Crippen LogP contribution < -0.4 is 10.0 Å². The van der Waals surface area contributed by atoms with Crippen LogP contribution in [0, 0.1) is 6.92 Å². The van der Waals surface area contributed by atoms with Crippen molar-refractivity contribution in [2.45, 2.75) is 56.7 Å². The number of carbonyl (C=O) groups is 1. The fourth-order valence-corrected chi connectivity index (χ4v) is 5.30. The molecule has 1 unspecified atom stereocenters. The fraction of sp³-hybridized carbons (Fsp3) is 0.750. The molecule has 0 radical (unpaired) electrons. The molecule has 3 rings (SSSR count). The zero-order valence-corrected chi connectivity index (χ0v) is 15.7. The number of urea groups is 1. The molecule has 140 valence electrons. The van der Waals surface area contributed by atoms with Gasteiger partial charge >= 0.3 is 6.03 Å². The number of sulfonamides is 1. The fourth-order valence-electron chi connectivity index (χ4n) is 3.56. The zero-order chi connectivity index (χ0) is 18.0. The van der Waals surface area contributed by atoms with Crippen LogP contribution in [-0.4, -0.2) is 53.5 Å². The van der Waals surface area contributed by atoms with E-state index in [1.807, 2.05) is 14.0 Å². The lowest BCUT2D eigenvalue weighted by molar-refractivity contribution is 0.200. The summed E-state index contributed by atoms with van der Waals surface area (Å²) in [5.41, 5.74) is 0.940. The third-order valence-corrected chi connectivity index (χ3v) is 7.06. The Labute approximate surface area is 149 Å². The molecule has 1 saturated carbocycles. The van der Waals surface area contributed by atoms with Gasteiger partial charge in [0.2, 0.25) is 10.0 Å². The molecule has 8 nitrogen and oxygen atoms in total. The number of rotatable bonds is 4. The van der Waals surface area contributed by atoms with Crippen molar-refractivity contribution in [3.8, 4) is 0 Å². The Morgan fingerprint density at radius 2 is 1.96 bits per heavy atom. The van der Waals surface area contributed by atoms with Gasteiger partial charge in [-0.25, -0.2) is 17.9 Å². The second-order valence-corrected chi connectivity index (χ2v) is 9.07. The summed E-state index contributed by atoms with van der Waals surface area (Å²) in [6.45, 7) is 2.69. The quantitative estimate of drug-likeness (QED) is 0.842. The Morgan fingerprint density at radius 1 is 1.24 bits per heavy atom. The van der Waals surface area contributed by atoms with E-state index < -0.39 is 15.3 Å². The summed E-state index contributed by atoms with van der Waals surface area (Å²) >= 11 is 0. The number of nitrogens with zero attached hydrogens (tertiary/aromatic N) is 3. The molecule has 2 amide bonds. The van der Waals surface area contributed by atoms with Crippen molar-refractivity contribution in [3.05, 3.63) is 11.8 Å². The molecule has 1 aliphatic heterocycles. The second-order valence-electron chi connectivity index (χ2n) is 7.08. The zero-order valence-electron chi connectivity index (χ0n) is 14.9. The maximum Gasteiger partial charge on any atom is 0.323 e. The first-order valence-corrected chi connectivity index (χ1v) is 10.5. The van der Waals surface area contributed by atoms with Crippen molar-refractivity contribution in [1.82, 2.24) is 19.4 Å². The highest BCUT2D eigenvalue weighted by atomic mass is 32.2. The number of nitrogens with one attached hydrogen (secondary N) is 2. The Morgan fingerprint density at radius 3 is 2.60 bits per heavy atom. The SMILES string of the molecule is Cc1cc(NC(=O)N2CCCC(S(=O)(=O)NC3CCCC3)C2)nn1C. The lowest BCUT2D eigenvalue weighted by atomic mass is 10.1. The lowest BCUT2D eigenvalue weighted by Gasteiger charge is -2.32. The second kappa shape index (κ2) is 7.33. The number of hydrogen-bond acceptors (Lipinski definition) is 4.